The lowest BCUT2D eigenvalue weighted by atomic mass is 10.2. The normalized spacial score (nSPS) is 10.8. The van der Waals surface area contributed by atoms with Gasteiger partial charge in [-0.2, -0.15) is 0 Å². The minimum Gasteiger partial charge on any atom is -0.496 e. The Morgan fingerprint density at radius 2 is 1.76 bits per heavy atom. The van der Waals surface area contributed by atoms with Gasteiger partial charge in [-0.3, -0.25) is 0 Å². The van der Waals surface area contributed by atoms with Gasteiger partial charge < -0.3 is 18.9 Å². The van der Waals surface area contributed by atoms with Crippen LogP contribution in [0.4, 0.5) is 5.00 Å². The molecule has 0 N–H and O–H groups in total. The molecule has 1 aromatic carbocycles. The lowest BCUT2D eigenvalue weighted by molar-refractivity contribution is 0.0531. The molecular weight excluding hydrogens is 342 g/mol. The lowest BCUT2D eigenvalue weighted by Crippen LogP contribution is -2.03. The molecule has 0 bridgehead atoms. The van der Waals surface area contributed by atoms with Crippen LogP contribution in [0.15, 0.2) is 23.2 Å². The predicted molar refractivity (Wildman–Crippen MR) is 98.4 cm³/mol. The Hall–Kier alpha value is -2.54. The molecule has 25 heavy (non-hydrogen) atoms. The van der Waals surface area contributed by atoms with Crippen molar-refractivity contribution in [2.24, 2.45) is 4.99 Å². The van der Waals surface area contributed by atoms with E-state index >= 15 is 0 Å². The maximum absolute atomic E-state index is 11.9. The smallest absolute Gasteiger partial charge is 0.348 e. The Bertz CT molecular complexity index is 757. The van der Waals surface area contributed by atoms with E-state index in [0.717, 1.165) is 5.56 Å². The van der Waals surface area contributed by atoms with Gasteiger partial charge in [0.2, 0.25) is 0 Å². The Balaban J connectivity index is 2.36. The molecule has 0 aliphatic rings. The van der Waals surface area contributed by atoms with Crippen molar-refractivity contribution < 1.29 is 23.7 Å². The number of ether oxygens (including phenoxy) is 4. The summed E-state index contributed by atoms with van der Waals surface area (Å²) in [6.07, 6.45) is 1.65. The molecule has 2 rings (SSSR count). The van der Waals surface area contributed by atoms with Crippen molar-refractivity contribution in [3.63, 3.8) is 0 Å². The second-order valence-electron chi connectivity index (χ2n) is 5.02. The molecule has 6 nitrogen and oxygen atoms in total. The summed E-state index contributed by atoms with van der Waals surface area (Å²) in [5.41, 5.74) is 1.53. The van der Waals surface area contributed by atoms with Crippen molar-refractivity contribution in [3.8, 4) is 17.2 Å². The Labute approximate surface area is 151 Å². The molecule has 0 fully saturated rings. The fourth-order valence-corrected chi connectivity index (χ4v) is 3.13. The van der Waals surface area contributed by atoms with E-state index in [0.29, 0.717) is 39.3 Å². The zero-order chi connectivity index (χ0) is 18.4. The summed E-state index contributed by atoms with van der Waals surface area (Å²) in [4.78, 5) is 16.9. The average molecular weight is 363 g/mol. The van der Waals surface area contributed by atoms with Crippen molar-refractivity contribution in [1.82, 2.24) is 0 Å². The van der Waals surface area contributed by atoms with Gasteiger partial charge in [-0.25, -0.2) is 9.79 Å². The zero-order valence-corrected chi connectivity index (χ0v) is 15.7. The quantitative estimate of drug-likeness (QED) is 0.549. The molecule has 0 saturated heterocycles. The van der Waals surface area contributed by atoms with Crippen LogP contribution in [0.25, 0.3) is 0 Å². The van der Waals surface area contributed by atoms with E-state index in [4.69, 9.17) is 18.9 Å². The van der Waals surface area contributed by atoms with Crippen molar-refractivity contribution >= 4 is 28.5 Å². The van der Waals surface area contributed by atoms with Crippen LogP contribution in [-0.4, -0.2) is 40.1 Å². The van der Waals surface area contributed by atoms with Gasteiger partial charge in [0.05, 0.1) is 33.5 Å². The van der Waals surface area contributed by atoms with E-state index in [9.17, 15) is 4.79 Å². The predicted octanol–water partition coefficient (Wildman–Crippen LogP) is 4.01. The van der Waals surface area contributed by atoms with E-state index in [1.165, 1.54) is 11.3 Å². The lowest BCUT2D eigenvalue weighted by Gasteiger charge is -2.11. The molecule has 7 heteroatoms. The molecule has 0 saturated carbocycles. The minimum atomic E-state index is -0.328. The van der Waals surface area contributed by atoms with E-state index in [1.807, 2.05) is 13.0 Å². The first-order valence-corrected chi connectivity index (χ1v) is 8.47. The van der Waals surface area contributed by atoms with Crippen LogP contribution >= 0.6 is 11.3 Å². The van der Waals surface area contributed by atoms with E-state index in [1.54, 1.807) is 46.6 Å². The first-order valence-electron chi connectivity index (χ1n) is 7.65. The molecule has 0 spiro atoms. The third-order valence-corrected chi connectivity index (χ3v) is 4.56. The highest BCUT2D eigenvalue weighted by molar-refractivity contribution is 7.17. The molecule has 134 valence electrons. The van der Waals surface area contributed by atoms with Crippen molar-refractivity contribution in [2.75, 3.05) is 27.9 Å². The van der Waals surface area contributed by atoms with Crippen LogP contribution in [-0.2, 0) is 4.74 Å². The van der Waals surface area contributed by atoms with Gasteiger partial charge in [0.15, 0.2) is 0 Å². The van der Waals surface area contributed by atoms with Crippen LogP contribution in [0.1, 0.15) is 27.7 Å². The summed E-state index contributed by atoms with van der Waals surface area (Å²) in [7, 11) is 4.72. The Morgan fingerprint density at radius 3 is 2.28 bits per heavy atom. The molecule has 1 aromatic heterocycles. The number of rotatable bonds is 7. The highest BCUT2D eigenvalue weighted by Gasteiger charge is 2.15. The van der Waals surface area contributed by atoms with Crippen LogP contribution in [0, 0.1) is 6.92 Å². The molecule has 0 amide bonds. The third kappa shape index (κ3) is 4.30. The number of hydrogen-bond acceptors (Lipinski definition) is 7. The molecule has 0 aliphatic heterocycles. The first kappa shape index (κ1) is 18.8. The maximum atomic E-state index is 11.9. The van der Waals surface area contributed by atoms with Crippen molar-refractivity contribution in [2.45, 2.75) is 13.8 Å². The van der Waals surface area contributed by atoms with E-state index < -0.39 is 0 Å². The summed E-state index contributed by atoms with van der Waals surface area (Å²) in [5, 5.41) is 0.695. The van der Waals surface area contributed by atoms with Crippen LogP contribution < -0.4 is 14.2 Å². The van der Waals surface area contributed by atoms with E-state index in [-0.39, 0.29) is 5.97 Å². The number of methoxy groups -OCH3 is 3. The summed E-state index contributed by atoms with van der Waals surface area (Å²) < 4.78 is 21.1. The van der Waals surface area contributed by atoms with Crippen molar-refractivity contribution in [3.05, 3.63) is 34.2 Å². The second-order valence-corrected chi connectivity index (χ2v) is 6.05. The third-order valence-electron chi connectivity index (χ3n) is 3.44. The minimum absolute atomic E-state index is 0.328. The van der Waals surface area contributed by atoms with Crippen LogP contribution in [0.3, 0.4) is 0 Å². The van der Waals surface area contributed by atoms with Gasteiger partial charge in [-0.1, -0.05) is 0 Å². The number of benzene rings is 1. The van der Waals surface area contributed by atoms with Crippen molar-refractivity contribution in [1.29, 1.82) is 0 Å². The van der Waals surface area contributed by atoms with Crippen LogP contribution in [0.5, 0.6) is 17.2 Å². The highest BCUT2D eigenvalue weighted by atomic mass is 32.1. The molecule has 0 radical (unpaired) electrons. The van der Waals surface area contributed by atoms with Gasteiger partial charge in [0.25, 0.3) is 0 Å². The van der Waals surface area contributed by atoms with Gasteiger partial charge in [-0.15, -0.1) is 11.3 Å². The number of aliphatic imine (C=N–C) groups is 1. The Kier molecular flexibility index (Phi) is 6.41. The molecule has 0 atom stereocenters. The maximum Gasteiger partial charge on any atom is 0.348 e. The number of hydrogen-bond donors (Lipinski definition) is 0. The standard InChI is InChI=1S/C18H21NO5S/c1-6-24-18(20)17-11(2)7-16(25-17)19-10-13-14(22-4)8-12(21-3)9-15(13)23-5/h7-10H,6H2,1-5H3. The zero-order valence-electron chi connectivity index (χ0n) is 14.9. The molecule has 1 heterocycles. The number of carbonyl (C=O) groups is 1. The highest BCUT2D eigenvalue weighted by Crippen LogP contribution is 2.34. The monoisotopic (exact) mass is 363 g/mol. The second kappa shape index (κ2) is 8.53. The number of carbonyl (C=O) groups excluding carboxylic acids is 1. The topological polar surface area (TPSA) is 66.4 Å². The first-order chi connectivity index (χ1) is 12.0. The summed E-state index contributed by atoms with van der Waals surface area (Å²) in [6.45, 7) is 3.98. The number of esters is 1. The Morgan fingerprint density at radius 1 is 1.12 bits per heavy atom. The summed E-state index contributed by atoms with van der Waals surface area (Å²) in [6, 6.07) is 5.36. The molecule has 2 aromatic rings. The van der Waals surface area contributed by atoms with Gasteiger partial charge >= 0.3 is 5.97 Å². The van der Waals surface area contributed by atoms with Gasteiger partial charge in [0, 0.05) is 18.3 Å². The van der Waals surface area contributed by atoms with E-state index in [2.05, 4.69) is 4.99 Å². The largest absolute Gasteiger partial charge is 0.496 e. The van der Waals surface area contributed by atoms with Crippen LogP contribution in [0.2, 0.25) is 0 Å². The van der Waals surface area contributed by atoms with Gasteiger partial charge in [-0.05, 0) is 25.5 Å². The summed E-state index contributed by atoms with van der Waals surface area (Å²) >= 11 is 1.28. The fraction of sp³-hybridized carbons (Fsp3) is 0.333. The molecule has 0 unspecified atom stereocenters. The SMILES string of the molecule is CCOC(=O)c1sc(N=Cc2c(OC)cc(OC)cc2OC)cc1C. The number of nitrogens with zero attached hydrogens (tertiary/aromatic N) is 1. The average Bonchev–Trinajstić information content (AvgIpc) is 3.00. The summed E-state index contributed by atoms with van der Waals surface area (Å²) in [5.74, 6) is 1.46. The number of aryl methyl sites for hydroxylation is 1. The van der Waals surface area contributed by atoms with Gasteiger partial charge in [0.1, 0.15) is 27.1 Å². The fourth-order valence-electron chi connectivity index (χ4n) is 2.22. The number of thiophene rings is 1. The molecule has 0 aliphatic carbocycles. The molecular formula is C18H21NO5S.